The standard InChI is InChI=1S/C21H22N2O5S/c1-12-6-13(2)8-14(7-12)20(25)22-21-23(11-19(24)28-5)15-9-16(26-3)17(27-4)10-18(15)29-21/h6-10H,11H2,1-5H3. The van der Waals surface area contributed by atoms with Crippen LogP contribution < -0.4 is 14.3 Å². The van der Waals surface area contributed by atoms with Gasteiger partial charge in [-0.15, -0.1) is 0 Å². The predicted octanol–water partition coefficient (Wildman–Crippen LogP) is 3.25. The van der Waals surface area contributed by atoms with Crippen molar-refractivity contribution in [1.82, 2.24) is 4.57 Å². The summed E-state index contributed by atoms with van der Waals surface area (Å²) in [6.07, 6.45) is 0. The summed E-state index contributed by atoms with van der Waals surface area (Å²) in [4.78, 5) is 29.5. The Morgan fingerprint density at radius 2 is 1.59 bits per heavy atom. The van der Waals surface area contributed by atoms with Crippen molar-refractivity contribution < 1.29 is 23.8 Å². The van der Waals surface area contributed by atoms with Crippen LogP contribution in [0.1, 0.15) is 21.5 Å². The van der Waals surface area contributed by atoms with Gasteiger partial charge in [0, 0.05) is 17.7 Å². The number of nitrogens with zero attached hydrogens (tertiary/aromatic N) is 2. The second-order valence-corrected chi connectivity index (χ2v) is 7.52. The predicted molar refractivity (Wildman–Crippen MR) is 111 cm³/mol. The maximum Gasteiger partial charge on any atom is 0.325 e. The van der Waals surface area contributed by atoms with Crippen molar-refractivity contribution in [1.29, 1.82) is 0 Å². The van der Waals surface area contributed by atoms with Crippen molar-refractivity contribution in [2.24, 2.45) is 4.99 Å². The van der Waals surface area contributed by atoms with Crippen LogP contribution in [0, 0.1) is 13.8 Å². The molecule has 0 fully saturated rings. The van der Waals surface area contributed by atoms with Gasteiger partial charge in [-0.25, -0.2) is 0 Å². The molecule has 1 heterocycles. The first-order valence-corrected chi connectivity index (χ1v) is 9.67. The molecule has 0 N–H and O–H groups in total. The quantitative estimate of drug-likeness (QED) is 0.599. The molecule has 0 saturated heterocycles. The minimum absolute atomic E-state index is 0.0784. The number of carbonyl (C=O) groups is 2. The van der Waals surface area contributed by atoms with Crippen LogP contribution in [0.25, 0.3) is 10.2 Å². The fourth-order valence-corrected chi connectivity index (χ4v) is 4.12. The van der Waals surface area contributed by atoms with Crippen molar-refractivity contribution in [2.45, 2.75) is 20.4 Å². The topological polar surface area (TPSA) is 79.1 Å². The second-order valence-electron chi connectivity index (χ2n) is 6.52. The van der Waals surface area contributed by atoms with Gasteiger partial charge in [0.05, 0.1) is 31.5 Å². The second kappa shape index (κ2) is 8.48. The molecule has 0 bridgehead atoms. The van der Waals surface area contributed by atoms with E-state index in [1.165, 1.54) is 25.6 Å². The Morgan fingerprint density at radius 3 is 2.17 bits per heavy atom. The minimum Gasteiger partial charge on any atom is -0.493 e. The molecular weight excluding hydrogens is 392 g/mol. The molecular formula is C21H22N2O5S. The van der Waals surface area contributed by atoms with E-state index in [4.69, 9.17) is 14.2 Å². The van der Waals surface area contributed by atoms with Gasteiger partial charge >= 0.3 is 5.97 Å². The van der Waals surface area contributed by atoms with Gasteiger partial charge in [0.1, 0.15) is 6.54 Å². The highest BCUT2D eigenvalue weighted by molar-refractivity contribution is 7.16. The monoisotopic (exact) mass is 414 g/mol. The SMILES string of the molecule is COC(=O)Cn1c(=NC(=O)c2cc(C)cc(C)c2)sc2cc(OC)c(OC)cc21. The molecule has 0 unspecified atom stereocenters. The molecule has 1 aromatic heterocycles. The summed E-state index contributed by atoms with van der Waals surface area (Å²) in [7, 11) is 4.41. The van der Waals surface area contributed by atoms with E-state index in [2.05, 4.69) is 4.99 Å². The number of fused-ring (bicyclic) bond motifs is 1. The smallest absolute Gasteiger partial charge is 0.325 e. The summed E-state index contributed by atoms with van der Waals surface area (Å²) in [5.41, 5.74) is 3.17. The molecule has 29 heavy (non-hydrogen) atoms. The van der Waals surface area contributed by atoms with Crippen LogP contribution in [-0.2, 0) is 16.1 Å². The minimum atomic E-state index is -0.445. The summed E-state index contributed by atoms with van der Waals surface area (Å²) in [6, 6.07) is 9.14. The van der Waals surface area contributed by atoms with E-state index in [9.17, 15) is 9.59 Å². The normalized spacial score (nSPS) is 11.6. The summed E-state index contributed by atoms with van der Waals surface area (Å²) >= 11 is 1.29. The fraction of sp³-hybridized carbons (Fsp3) is 0.286. The Morgan fingerprint density at radius 1 is 0.966 bits per heavy atom. The molecule has 0 atom stereocenters. The molecule has 0 saturated carbocycles. The summed E-state index contributed by atoms with van der Waals surface area (Å²) < 4.78 is 18.0. The zero-order valence-electron chi connectivity index (χ0n) is 16.9. The molecule has 3 rings (SSSR count). The first-order chi connectivity index (χ1) is 13.9. The van der Waals surface area contributed by atoms with Gasteiger partial charge in [0.25, 0.3) is 5.91 Å². The van der Waals surface area contributed by atoms with Crippen LogP contribution in [0.15, 0.2) is 35.3 Å². The fourth-order valence-electron chi connectivity index (χ4n) is 3.08. The van der Waals surface area contributed by atoms with Crippen molar-refractivity contribution in [3.63, 3.8) is 0 Å². The van der Waals surface area contributed by atoms with Gasteiger partial charge < -0.3 is 18.8 Å². The average molecular weight is 414 g/mol. The molecule has 0 aliphatic carbocycles. The largest absolute Gasteiger partial charge is 0.493 e. The number of amides is 1. The van der Waals surface area contributed by atoms with Crippen molar-refractivity contribution in [3.05, 3.63) is 51.8 Å². The molecule has 2 aromatic carbocycles. The number of aromatic nitrogens is 1. The maximum absolute atomic E-state index is 12.8. The Balaban J connectivity index is 2.21. The maximum atomic E-state index is 12.8. The van der Waals surface area contributed by atoms with Gasteiger partial charge in [-0.1, -0.05) is 28.5 Å². The molecule has 0 aliphatic rings. The molecule has 8 heteroatoms. The first kappa shape index (κ1) is 20.6. The van der Waals surface area contributed by atoms with Crippen molar-refractivity contribution in [3.8, 4) is 11.5 Å². The number of aryl methyl sites for hydroxylation is 2. The van der Waals surface area contributed by atoms with E-state index >= 15 is 0 Å². The van der Waals surface area contributed by atoms with E-state index in [1.54, 1.807) is 35.9 Å². The van der Waals surface area contributed by atoms with E-state index in [0.717, 1.165) is 15.8 Å². The van der Waals surface area contributed by atoms with Crippen LogP contribution >= 0.6 is 11.3 Å². The summed E-state index contributed by atoms with van der Waals surface area (Å²) in [6.45, 7) is 3.78. The molecule has 1 amide bonds. The Labute approximate surface area is 172 Å². The van der Waals surface area contributed by atoms with Crippen LogP contribution in [0.5, 0.6) is 11.5 Å². The molecule has 3 aromatic rings. The average Bonchev–Trinajstić information content (AvgIpc) is 3.01. The molecule has 152 valence electrons. The number of rotatable bonds is 5. The highest BCUT2D eigenvalue weighted by Gasteiger charge is 2.16. The third-order valence-corrected chi connectivity index (χ3v) is 5.41. The number of methoxy groups -OCH3 is 3. The third-order valence-electron chi connectivity index (χ3n) is 4.37. The number of hydrogen-bond acceptors (Lipinski definition) is 6. The number of esters is 1. The van der Waals surface area contributed by atoms with Crippen molar-refractivity contribution >= 4 is 33.4 Å². The van der Waals surface area contributed by atoms with Crippen LogP contribution in [-0.4, -0.2) is 37.8 Å². The third kappa shape index (κ3) is 4.32. The summed E-state index contributed by atoms with van der Waals surface area (Å²) in [5, 5.41) is 0. The Kier molecular flexibility index (Phi) is 6.03. The molecule has 0 aliphatic heterocycles. The van der Waals surface area contributed by atoms with Gasteiger partial charge in [-0.3, -0.25) is 9.59 Å². The highest BCUT2D eigenvalue weighted by Crippen LogP contribution is 2.33. The van der Waals surface area contributed by atoms with Gasteiger partial charge in [-0.2, -0.15) is 4.99 Å². The number of thiazole rings is 1. The number of ether oxygens (including phenoxy) is 3. The van der Waals surface area contributed by atoms with E-state index < -0.39 is 5.97 Å². The van der Waals surface area contributed by atoms with Crippen LogP contribution in [0.3, 0.4) is 0 Å². The van der Waals surface area contributed by atoms with E-state index in [1.807, 2.05) is 19.9 Å². The molecule has 7 nitrogen and oxygen atoms in total. The lowest BCUT2D eigenvalue weighted by atomic mass is 10.1. The lowest BCUT2D eigenvalue weighted by molar-refractivity contribution is -0.141. The lowest BCUT2D eigenvalue weighted by Crippen LogP contribution is -2.22. The van der Waals surface area contributed by atoms with Gasteiger partial charge in [-0.05, 0) is 26.0 Å². The molecule has 0 radical (unpaired) electrons. The van der Waals surface area contributed by atoms with Crippen LogP contribution in [0.2, 0.25) is 0 Å². The Bertz CT molecular complexity index is 1140. The Hall–Kier alpha value is -3.13. The zero-order valence-corrected chi connectivity index (χ0v) is 17.8. The van der Waals surface area contributed by atoms with Gasteiger partial charge in [0.2, 0.25) is 0 Å². The number of hydrogen-bond donors (Lipinski definition) is 0. The number of benzene rings is 2. The highest BCUT2D eigenvalue weighted by atomic mass is 32.1. The van der Waals surface area contributed by atoms with Crippen LogP contribution in [0.4, 0.5) is 0 Å². The van der Waals surface area contributed by atoms with Crippen molar-refractivity contribution in [2.75, 3.05) is 21.3 Å². The van der Waals surface area contributed by atoms with E-state index in [0.29, 0.717) is 27.4 Å². The summed E-state index contributed by atoms with van der Waals surface area (Å²) in [5.74, 6) is 0.253. The lowest BCUT2D eigenvalue weighted by Gasteiger charge is -2.09. The van der Waals surface area contributed by atoms with E-state index in [-0.39, 0.29) is 12.5 Å². The zero-order chi connectivity index (χ0) is 21.1. The first-order valence-electron chi connectivity index (χ1n) is 8.85. The molecule has 0 spiro atoms. The number of carbonyl (C=O) groups excluding carboxylic acids is 2. The van der Waals surface area contributed by atoms with Gasteiger partial charge in [0.15, 0.2) is 16.3 Å².